The summed E-state index contributed by atoms with van der Waals surface area (Å²) in [4.78, 5) is 49.6. The molecule has 0 aromatic heterocycles. The van der Waals surface area contributed by atoms with Gasteiger partial charge in [0.05, 0.1) is 23.9 Å². The van der Waals surface area contributed by atoms with Gasteiger partial charge in [0.25, 0.3) is 0 Å². The zero-order chi connectivity index (χ0) is 24.0. The van der Waals surface area contributed by atoms with Crippen LogP contribution in [0.25, 0.3) is 0 Å². The smallest absolute Gasteiger partial charge is 0.243 e. The Morgan fingerprint density at radius 2 is 1.94 bits per heavy atom. The van der Waals surface area contributed by atoms with Crippen molar-refractivity contribution in [2.75, 3.05) is 6.54 Å². The minimum atomic E-state index is -0.924. The van der Waals surface area contributed by atoms with Crippen LogP contribution >= 0.6 is 0 Å². The Hall–Kier alpha value is -2.77. The molecule has 1 aliphatic carbocycles. The molecule has 1 fully saturated rings. The number of aliphatic imine (C=N–C) groups is 2. The summed E-state index contributed by atoms with van der Waals surface area (Å²) in [5.74, 6) is 0.222. The number of nitrogens with zero attached hydrogens (tertiary/aromatic N) is 3. The van der Waals surface area contributed by atoms with Crippen LogP contribution in [-0.4, -0.2) is 58.8 Å². The van der Waals surface area contributed by atoms with Crippen molar-refractivity contribution in [2.45, 2.75) is 90.8 Å². The molecule has 0 bridgehead atoms. The minimum absolute atomic E-state index is 0.0492. The second-order valence-corrected chi connectivity index (χ2v) is 9.63. The second kappa shape index (κ2) is 11.4. The highest BCUT2D eigenvalue weighted by molar-refractivity contribution is 6.15. The molecule has 0 aromatic carbocycles. The van der Waals surface area contributed by atoms with Gasteiger partial charge >= 0.3 is 0 Å². The van der Waals surface area contributed by atoms with Gasteiger partial charge in [-0.25, -0.2) is 9.98 Å². The number of carbonyl (C=O) groups is 3. The monoisotopic (exact) mass is 455 g/mol. The minimum Gasteiger partial charge on any atom is -0.345 e. The Kier molecular flexibility index (Phi) is 8.58. The number of rotatable bonds is 9. The van der Waals surface area contributed by atoms with Crippen LogP contribution in [0.4, 0.5) is 0 Å². The molecular weight excluding hydrogens is 418 g/mol. The summed E-state index contributed by atoms with van der Waals surface area (Å²) in [5.41, 5.74) is 1.71. The number of nitrogens with one attached hydrogen (secondary N) is 2. The van der Waals surface area contributed by atoms with E-state index in [4.69, 9.17) is 0 Å². The Morgan fingerprint density at radius 1 is 1.15 bits per heavy atom. The number of allylic oxidation sites excluding steroid dienone is 4. The lowest BCUT2D eigenvalue weighted by molar-refractivity contribution is -0.138. The third-order valence-electron chi connectivity index (χ3n) is 6.33. The van der Waals surface area contributed by atoms with Crippen molar-refractivity contribution in [2.24, 2.45) is 15.9 Å². The van der Waals surface area contributed by atoms with Crippen molar-refractivity contribution in [3.8, 4) is 0 Å². The normalized spacial score (nSPS) is 21.5. The van der Waals surface area contributed by atoms with Crippen LogP contribution in [-0.2, 0) is 14.4 Å². The van der Waals surface area contributed by atoms with E-state index in [1.54, 1.807) is 0 Å². The van der Waals surface area contributed by atoms with Gasteiger partial charge < -0.3 is 15.5 Å². The SMILES string of the molecule is CC(C)CCC(=O)N[C@@H](CC(=O)N1CCCC[C@@H]1C)C(=O)N[C@H](C)C1=NC2=CC=CCC2=N1. The van der Waals surface area contributed by atoms with Gasteiger partial charge in [0.1, 0.15) is 6.04 Å². The molecule has 3 atom stereocenters. The number of amides is 3. The molecule has 0 radical (unpaired) electrons. The molecule has 1 saturated heterocycles. The lowest BCUT2D eigenvalue weighted by atomic mass is 10.0. The standard InChI is InChI=1S/C25H37N5O3/c1-16(2)12-13-22(31)27-21(15-23(32)30-14-8-7-9-17(30)3)25(33)26-18(4)24-28-19-10-5-6-11-20(19)29-24/h5-6,10,16-18,21H,7-9,11-15H2,1-4H3,(H,26,33)(H,27,31)/t17-,18+,21-/m0/s1. The maximum absolute atomic E-state index is 13.2. The molecule has 2 aliphatic heterocycles. The molecule has 0 unspecified atom stereocenters. The van der Waals surface area contributed by atoms with E-state index in [0.29, 0.717) is 24.7 Å². The topological polar surface area (TPSA) is 103 Å². The number of hydrogen-bond acceptors (Lipinski definition) is 5. The van der Waals surface area contributed by atoms with Crippen LogP contribution in [0.15, 0.2) is 33.9 Å². The molecule has 0 spiro atoms. The third kappa shape index (κ3) is 6.85. The zero-order valence-electron chi connectivity index (χ0n) is 20.3. The first-order valence-electron chi connectivity index (χ1n) is 12.2. The zero-order valence-corrected chi connectivity index (χ0v) is 20.3. The van der Waals surface area contributed by atoms with E-state index >= 15 is 0 Å². The average Bonchev–Trinajstić information content (AvgIpc) is 3.22. The van der Waals surface area contributed by atoms with Crippen LogP contribution in [0, 0.1) is 5.92 Å². The Balaban J connectivity index is 1.66. The number of carbonyl (C=O) groups excluding carboxylic acids is 3. The van der Waals surface area contributed by atoms with E-state index in [9.17, 15) is 14.4 Å². The summed E-state index contributed by atoms with van der Waals surface area (Å²) in [6.45, 7) is 8.65. The average molecular weight is 456 g/mol. The molecule has 8 heteroatoms. The predicted octanol–water partition coefficient (Wildman–Crippen LogP) is 2.90. The summed E-state index contributed by atoms with van der Waals surface area (Å²) in [6.07, 6.45) is 10.6. The number of piperidine rings is 1. The highest BCUT2D eigenvalue weighted by Gasteiger charge is 2.31. The third-order valence-corrected chi connectivity index (χ3v) is 6.33. The number of likely N-dealkylation sites (tertiary alicyclic amines) is 1. The van der Waals surface area contributed by atoms with Crippen LogP contribution in [0.1, 0.15) is 72.6 Å². The molecule has 180 valence electrons. The molecular formula is C25H37N5O3. The molecule has 3 aliphatic rings. The van der Waals surface area contributed by atoms with E-state index in [1.807, 2.05) is 50.8 Å². The first kappa shape index (κ1) is 24.9. The first-order chi connectivity index (χ1) is 15.7. The molecule has 3 amide bonds. The number of hydrogen-bond donors (Lipinski definition) is 2. The van der Waals surface area contributed by atoms with E-state index in [2.05, 4.69) is 20.6 Å². The molecule has 0 aromatic rings. The fraction of sp³-hybridized carbons (Fsp3) is 0.640. The van der Waals surface area contributed by atoms with Crippen molar-refractivity contribution in [1.82, 2.24) is 15.5 Å². The summed E-state index contributed by atoms with van der Waals surface area (Å²) in [6, 6.07) is -1.21. The van der Waals surface area contributed by atoms with E-state index < -0.39 is 12.1 Å². The highest BCUT2D eigenvalue weighted by Crippen LogP contribution is 2.20. The largest absolute Gasteiger partial charge is 0.345 e. The van der Waals surface area contributed by atoms with Crippen molar-refractivity contribution >= 4 is 29.3 Å². The molecule has 3 rings (SSSR count). The predicted molar refractivity (Wildman–Crippen MR) is 130 cm³/mol. The van der Waals surface area contributed by atoms with Gasteiger partial charge in [-0.1, -0.05) is 26.0 Å². The first-order valence-corrected chi connectivity index (χ1v) is 12.2. The number of amidine groups is 1. The van der Waals surface area contributed by atoms with Gasteiger partial charge in [0.15, 0.2) is 5.84 Å². The van der Waals surface area contributed by atoms with Gasteiger partial charge in [-0.3, -0.25) is 14.4 Å². The van der Waals surface area contributed by atoms with E-state index in [0.717, 1.165) is 43.5 Å². The lowest BCUT2D eigenvalue weighted by Gasteiger charge is -2.34. The maximum atomic E-state index is 13.2. The molecule has 8 nitrogen and oxygen atoms in total. The Bertz CT molecular complexity index is 886. The van der Waals surface area contributed by atoms with Gasteiger partial charge in [0, 0.05) is 25.4 Å². The van der Waals surface area contributed by atoms with Gasteiger partial charge in [-0.15, -0.1) is 0 Å². The Labute approximate surface area is 196 Å². The lowest BCUT2D eigenvalue weighted by Crippen LogP contribution is -2.53. The summed E-state index contributed by atoms with van der Waals surface area (Å²) < 4.78 is 0. The van der Waals surface area contributed by atoms with Crippen LogP contribution < -0.4 is 10.6 Å². The van der Waals surface area contributed by atoms with Crippen LogP contribution in [0.2, 0.25) is 0 Å². The van der Waals surface area contributed by atoms with Gasteiger partial charge in [-0.2, -0.15) is 0 Å². The fourth-order valence-corrected chi connectivity index (χ4v) is 4.26. The van der Waals surface area contributed by atoms with Gasteiger partial charge in [0.2, 0.25) is 17.7 Å². The van der Waals surface area contributed by atoms with E-state index in [-0.39, 0.29) is 30.2 Å². The molecule has 2 N–H and O–H groups in total. The van der Waals surface area contributed by atoms with Gasteiger partial charge in [-0.05, 0) is 51.5 Å². The summed E-state index contributed by atoms with van der Waals surface area (Å²) >= 11 is 0. The van der Waals surface area contributed by atoms with Crippen molar-refractivity contribution in [3.05, 3.63) is 23.9 Å². The maximum Gasteiger partial charge on any atom is 0.243 e. The van der Waals surface area contributed by atoms with Crippen LogP contribution in [0.5, 0.6) is 0 Å². The molecule has 0 saturated carbocycles. The van der Waals surface area contributed by atoms with Crippen molar-refractivity contribution < 1.29 is 14.4 Å². The van der Waals surface area contributed by atoms with Crippen molar-refractivity contribution in [1.29, 1.82) is 0 Å². The summed E-state index contributed by atoms with van der Waals surface area (Å²) in [7, 11) is 0. The summed E-state index contributed by atoms with van der Waals surface area (Å²) in [5, 5.41) is 5.72. The van der Waals surface area contributed by atoms with Crippen LogP contribution in [0.3, 0.4) is 0 Å². The number of fused-ring (bicyclic) bond motifs is 1. The quantitative estimate of drug-likeness (QED) is 0.559. The van der Waals surface area contributed by atoms with E-state index in [1.165, 1.54) is 0 Å². The second-order valence-electron chi connectivity index (χ2n) is 9.63. The highest BCUT2D eigenvalue weighted by atomic mass is 16.2. The Morgan fingerprint density at radius 3 is 2.64 bits per heavy atom. The molecule has 2 heterocycles. The molecule has 33 heavy (non-hydrogen) atoms. The fourth-order valence-electron chi connectivity index (χ4n) is 4.26. The van der Waals surface area contributed by atoms with Crippen molar-refractivity contribution in [3.63, 3.8) is 0 Å².